The number of morpholine rings is 1. The molecule has 2 heterocycles. The number of carbonyl (C=O) groups is 2. The lowest BCUT2D eigenvalue weighted by Crippen LogP contribution is -2.41. The Hall–Kier alpha value is -2.70. The fraction of sp³-hybridized carbons (Fsp3) is 0.417. The maximum Gasteiger partial charge on any atom is 0.238 e. The summed E-state index contributed by atoms with van der Waals surface area (Å²) in [6.07, 6.45) is 2.14. The van der Waals surface area contributed by atoms with Gasteiger partial charge < -0.3 is 9.47 Å². The van der Waals surface area contributed by atoms with Crippen molar-refractivity contribution in [3.05, 3.63) is 59.7 Å². The molecule has 0 spiro atoms. The summed E-state index contributed by atoms with van der Waals surface area (Å²) in [4.78, 5) is 29.2. The summed E-state index contributed by atoms with van der Waals surface area (Å²) in [5, 5.41) is 0. The highest BCUT2D eigenvalue weighted by Gasteiger charge is 2.29. The number of amides is 2. The molecule has 1 saturated heterocycles. The van der Waals surface area contributed by atoms with Gasteiger partial charge in [-0.05, 0) is 30.0 Å². The smallest absolute Gasteiger partial charge is 0.238 e. The molecule has 0 radical (unpaired) electrons. The summed E-state index contributed by atoms with van der Waals surface area (Å²) >= 11 is 0. The molecule has 1 fully saturated rings. The molecule has 0 atom stereocenters. The predicted molar refractivity (Wildman–Crippen MR) is 115 cm³/mol. The summed E-state index contributed by atoms with van der Waals surface area (Å²) in [5.41, 5.74) is 2.58. The second-order valence-corrected chi connectivity index (χ2v) is 7.73. The lowest BCUT2D eigenvalue weighted by atomic mass is 10.00. The van der Waals surface area contributed by atoms with Crippen molar-refractivity contribution in [1.82, 2.24) is 4.90 Å². The van der Waals surface area contributed by atoms with Crippen LogP contribution in [0.1, 0.15) is 24.0 Å². The molecule has 0 bridgehead atoms. The van der Waals surface area contributed by atoms with Gasteiger partial charge in [-0.25, -0.2) is 4.90 Å². The molecular formula is C24H28N2O4. The third-order valence-electron chi connectivity index (χ3n) is 5.59. The number of rotatable bonds is 7. The molecule has 2 aliphatic heterocycles. The van der Waals surface area contributed by atoms with Crippen molar-refractivity contribution < 1.29 is 19.1 Å². The Morgan fingerprint density at radius 2 is 1.83 bits per heavy atom. The van der Waals surface area contributed by atoms with E-state index >= 15 is 0 Å². The average molecular weight is 408 g/mol. The van der Waals surface area contributed by atoms with Crippen LogP contribution >= 0.6 is 0 Å². The zero-order chi connectivity index (χ0) is 20.8. The van der Waals surface area contributed by atoms with Gasteiger partial charge in [0, 0.05) is 32.1 Å². The van der Waals surface area contributed by atoms with Crippen molar-refractivity contribution >= 4 is 17.5 Å². The number of benzene rings is 2. The highest BCUT2D eigenvalue weighted by molar-refractivity contribution is 6.16. The van der Waals surface area contributed by atoms with Gasteiger partial charge in [0.15, 0.2) is 0 Å². The first kappa shape index (κ1) is 20.6. The maximum atomic E-state index is 12.9. The summed E-state index contributed by atoms with van der Waals surface area (Å²) in [6.45, 7) is 5.12. The van der Waals surface area contributed by atoms with Crippen LogP contribution in [0.4, 0.5) is 5.69 Å². The third-order valence-corrected chi connectivity index (χ3v) is 5.59. The molecule has 6 nitrogen and oxygen atoms in total. The van der Waals surface area contributed by atoms with E-state index < -0.39 is 0 Å². The molecule has 6 heteroatoms. The van der Waals surface area contributed by atoms with Crippen LogP contribution < -0.4 is 9.64 Å². The monoisotopic (exact) mass is 408 g/mol. The molecule has 30 heavy (non-hydrogen) atoms. The molecule has 0 N–H and O–H groups in total. The maximum absolute atomic E-state index is 12.9. The Morgan fingerprint density at radius 3 is 2.63 bits per heavy atom. The zero-order valence-corrected chi connectivity index (χ0v) is 17.2. The molecule has 2 amide bonds. The molecule has 2 aromatic rings. The quantitative estimate of drug-likeness (QED) is 0.660. The first-order valence-corrected chi connectivity index (χ1v) is 10.7. The van der Waals surface area contributed by atoms with Crippen LogP contribution in [0.15, 0.2) is 48.5 Å². The van der Waals surface area contributed by atoms with E-state index in [0.717, 1.165) is 50.4 Å². The van der Waals surface area contributed by atoms with E-state index in [2.05, 4.69) is 4.90 Å². The minimum Gasteiger partial charge on any atom is -0.493 e. The zero-order valence-electron chi connectivity index (χ0n) is 17.2. The van der Waals surface area contributed by atoms with Crippen molar-refractivity contribution in [2.45, 2.75) is 25.7 Å². The number of anilines is 1. The number of aryl methyl sites for hydroxylation is 1. The lowest BCUT2D eigenvalue weighted by molar-refractivity contribution is -0.126. The van der Waals surface area contributed by atoms with Gasteiger partial charge in [-0.15, -0.1) is 0 Å². The Kier molecular flexibility index (Phi) is 6.77. The van der Waals surface area contributed by atoms with E-state index in [1.165, 1.54) is 4.90 Å². The second-order valence-electron chi connectivity index (χ2n) is 7.73. The van der Waals surface area contributed by atoms with E-state index in [9.17, 15) is 9.59 Å². The topological polar surface area (TPSA) is 59.1 Å². The largest absolute Gasteiger partial charge is 0.493 e. The van der Waals surface area contributed by atoms with Crippen LogP contribution in [0.3, 0.4) is 0 Å². The van der Waals surface area contributed by atoms with Crippen LogP contribution in [0.5, 0.6) is 5.75 Å². The van der Waals surface area contributed by atoms with Gasteiger partial charge in [0.25, 0.3) is 0 Å². The number of fused-ring (bicyclic) bond motifs is 1. The Morgan fingerprint density at radius 1 is 1.03 bits per heavy atom. The van der Waals surface area contributed by atoms with Crippen molar-refractivity contribution in [3.63, 3.8) is 0 Å². The normalized spacial score (nSPS) is 16.9. The molecule has 0 unspecified atom stereocenters. The molecule has 4 rings (SSSR count). The minimum absolute atomic E-state index is 0.145. The second kappa shape index (κ2) is 9.87. The van der Waals surface area contributed by atoms with Gasteiger partial charge in [-0.1, -0.05) is 36.4 Å². The summed E-state index contributed by atoms with van der Waals surface area (Å²) < 4.78 is 11.3. The number of carbonyl (C=O) groups excluding carboxylic acids is 2. The van der Waals surface area contributed by atoms with E-state index in [1.54, 1.807) is 0 Å². The molecule has 158 valence electrons. The summed E-state index contributed by atoms with van der Waals surface area (Å²) in [6, 6.07) is 15.3. The minimum atomic E-state index is -0.198. The molecule has 0 aliphatic carbocycles. The summed E-state index contributed by atoms with van der Waals surface area (Å²) in [5.74, 6) is 0.354. The Labute approximate surface area is 177 Å². The Balaban J connectivity index is 1.40. The van der Waals surface area contributed by atoms with Crippen LogP contribution in [0.2, 0.25) is 0 Å². The molecule has 0 saturated carbocycles. The van der Waals surface area contributed by atoms with E-state index in [-0.39, 0.29) is 18.2 Å². The number of hydrogen-bond acceptors (Lipinski definition) is 5. The van der Waals surface area contributed by atoms with E-state index in [0.29, 0.717) is 30.9 Å². The number of hydrogen-bond donors (Lipinski definition) is 0. The first-order chi connectivity index (χ1) is 14.7. The van der Waals surface area contributed by atoms with Crippen molar-refractivity contribution in [2.24, 2.45) is 0 Å². The van der Waals surface area contributed by atoms with Gasteiger partial charge in [-0.2, -0.15) is 0 Å². The number of nitrogens with zero attached hydrogens (tertiary/aromatic N) is 2. The number of ether oxygens (including phenoxy) is 2. The highest BCUT2D eigenvalue weighted by atomic mass is 16.5. The molecule has 2 aromatic carbocycles. The van der Waals surface area contributed by atoms with Crippen LogP contribution in [0, 0.1) is 0 Å². The highest BCUT2D eigenvalue weighted by Crippen LogP contribution is 2.32. The Bertz CT molecular complexity index is 878. The van der Waals surface area contributed by atoms with E-state index in [1.807, 2.05) is 48.5 Å². The molecular weight excluding hydrogens is 380 g/mol. The van der Waals surface area contributed by atoms with Crippen LogP contribution in [-0.2, 0) is 27.2 Å². The van der Waals surface area contributed by atoms with Gasteiger partial charge >= 0.3 is 0 Å². The van der Waals surface area contributed by atoms with Crippen molar-refractivity contribution in [1.29, 1.82) is 0 Å². The van der Waals surface area contributed by atoms with Gasteiger partial charge in [0.05, 0.1) is 31.9 Å². The van der Waals surface area contributed by atoms with Crippen molar-refractivity contribution in [3.8, 4) is 5.75 Å². The van der Waals surface area contributed by atoms with Crippen LogP contribution in [0.25, 0.3) is 0 Å². The fourth-order valence-corrected chi connectivity index (χ4v) is 3.97. The first-order valence-electron chi connectivity index (χ1n) is 10.7. The molecule has 2 aliphatic rings. The van der Waals surface area contributed by atoms with Gasteiger partial charge in [-0.3, -0.25) is 14.5 Å². The predicted octanol–water partition coefficient (Wildman–Crippen LogP) is 2.84. The SMILES string of the molecule is O=C1CCc2ccc(OCCCN3CCOCC3)cc2N1C(=O)Cc1ccccc1. The lowest BCUT2D eigenvalue weighted by Gasteiger charge is -2.28. The number of imide groups is 1. The van der Waals surface area contributed by atoms with Gasteiger partial charge in [0.2, 0.25) is 11.8 Å². The van der Waals surface area contributed by atoms with Gasteiger partial charge in [0.1, 0.15) is 5.75 Å². The fourth-order valence-electron chi connectivity index (χ4n) is 3.97. The average Bonchev–Trinajstić information content (AvgIpc) is 2.78. The van der Waals surface area contributed by atoms with E-state index in [4.69, 9.17) is 9.47 Å². The summed E-state index contributed by atoms with van der Waals surface area (Å²) in [7, 11) is 0. The van der Waals surface area contributed by atoms with Crippen molar-refractivity contribution in [2.75, 3.05) is 44.4 Å². The third kappa shape index (κ3) is 5.07. The molecule has 0 aromatic heterocycles. The van der Waals surface area contributed by atoms with Crippen LogP contribution in [-0.4, -0.2) is 56.2 Å². The standard InChI is InChI=1S/C24H28N2O4/c27-23-10-8-20-7-9-21(30-14-4-11-25-12-15-29-16-13-25)18-22(20)26(23)24(28)17-19-5-2-1-3-6-19/h1-3,5-7,9,18H,4,8,10-17H2.